The molecular formula is C15H16N4OS3. The molecule has 1 N–H and O–H groups in total. The molecule has 0 aliphatic rings. The molecule has 1 aromatic carbocycles. The average molecular weight is 365 g/mol. The molecule has 3 aromatic rings. The fraction of sp³-hybridized carbons (Fsp3) is 0.333. The van der Waals surface area contributed by atoms with Crippen LogP contribution in [0.2, 0.25) is 0 Å². The Bertz CT molecular complexity index is 779. The molecule has 1 amide bonds. The number of nitrogens with zero attached hydrogens (tertiary/aromatic N) is 3. The number of benzene rings is 1. The van der Waals surface area contributed by atoms with Crippen LogP contribution in [0, 0.1) is 5.92 Å². The summed E-state index contributed by atoms with van der Waals surface area (Å²) in [4.78, 5) is 16.5. The molecule has 23 heavy (non-hydrogen) atoms. The number of thiazole rings is 1. The van der Waals surface area contributed by atoms with Crippen molar-refractivity contribution in [1.29, 1.82) is 0 Å². The van der Waals surface area contributed by atoms with Crippen LogP contribution in [0.1, 0.15) is 18.9 Å². The van der Waals surface area contributed by atoms with Crippen molar-refractivity contribution in [3.63, 3.8) is 0 Å². The number of amides is 1. The van der Waals surface area contributed by atoms with Gasteiger partial charge in [-0.05, 0) is 18.1 Å². The van der Waals surface area contributed by atoms with E-state index in [1.54, 1.807) is 11.3 Å². The van der Waals surface area contributed by atoms with Gasteiger partial charge in [0.25, 0.3) is 0 Å². The molecule has 8 heteroatoms. The topological polar surface area (TPSA) is 67.8 Å². The van der Waals surface area contributed by atoms with E-state index in [0.29, 0.717) is 16.8 Å². The third-order valence-electron chi connectivity index (χ3n) is 2.90. The lowest BCUT2D eigenvalue weighted by atomic mass is 10.1. The number of nitrogens with one attached hydrogen (secondary N) is 1. The minimum Gasteiger partial charge on any atom is -0.300 e. The van der Waals surface area contributed by atoms with Gasteiger partial charge in [0, 0.05) is 6.42 Å². The largest absolute Gasteiger partial charge is 0.300 e. The van der Waals surface area contributed by atoms with Gasteiger partial charge in [0.05, 0.1) is 16.0 Å². The molecule has 0 fully saturated rings. The third-order valence-corrected chi connectivity index (χ3v) is 5.94. The van der Waals surface area contributed by atoms with Gasteiger partial charge in [-0.15, -0.1) is 21.5 Å². The summed E-state index contributed by atoms with van der Waals surface area (Å²) in [5.41, 5.74) is 0.975. The minimum absolute atomic E-state index is 0.0819. The summed E-state index contributed by atoms with van der Waals surface area (Å²) < 4.78 is 2.04. The maximum absolute atomic E-state index is 12.0. The molecular weight excluding hydrogens is 348 g/mol. The number of thioether (sulfide) groups is 1. The van der Waals surface area contributed by atoms with Gasteiger partial charge in [-0.3, -0.25) is 10.1 Å². The van der Waals surface area contributed by atoms with Gasteiger partial charge >= 0.3 is 0 Å². The number of hydrogen-bond donors (Lipinski definition) is 1. The Balaban J connectivity index is 1.54. The lowest BCUT2D eigenvalue weighted by Crippen LogP contribution is -2.13. The van der Waals surface area contributed by atoms with Crippen molar-refractivity contribution in [2.45, 2.75) is 24.6 Å². The molecule has 0 radical (unpaired) electrons. The molecule has 0 atom stereocenters. The predicted molar refractivity (Wildman–Crippen MR) is 97.4 cm³/mol. The van der Waals surface area contributed by atoms with Crippen LogP contribution in [-0.2, 0) is 11.2 Å². The van der Waals surface area contributed by atoms with Crippen molar-refractivity contribution < 1.29 is 4.79 Å². The van der Waals surface area contributed by atoms with E-state index < -0.39 is 0 Å². The lowest BCUT2D eigenvalue weighted by Gasteiger charge is -1.99. The maximum Gasteiger partial charge on any atom is 0.236 e. The highest BCUT2D eigenvalue weighted by Crippen LogP contribution is 2.29. The second-order valence-electron chi connectivity index (χ2n) is 5.38. The Labute approximate surface area is 146 Å². The Morgan fingerprint density at radius 2 is 2.09 bits per heavy atom. The molecule has 0 aliphatic carbocycles. The van der Waals surface area contributed by atoms with E-state index in [-0.39, 0.29) is 5.91 Å². The summed E-state index contributed by atoms with van der Waals surface area (Å²) in [7, 11) is 0. The highest BCUT2D eigenvalue weighted by atomic mass is 32.2. The number of fused-ring (bicyclic) bond motifs is 1. The van der Waals surface area contributed by atoms with E-state index in [9.17, 15) is 4.79 Å². The number of aromatic nitrogens is 3. The molecule has 5 nitrogen and oxygen atoms in total. The van der Waals surface area contributed by atoms with Crippen LogP contribution in [0.25, 0.3) is 10.2 Å². The molecule has 0 saturated heterocycles. The van der Waals surface area contributed by atoms with Crippen LogP contribution >= 0.6 is 34.4 Å². The van der Waals surface area contributed by atoms with Crippen molar-refractivity contribution >= 4 is 55.7 Å². The molecule has 3 rings (SSSR count). The normalized spacial score (nSPS) is 11.3. The number of carbonyl (C=O) groups excluding carboxylic acids is 1. The van der Waals surface area contributed by atoms with Crippen molar-refractivity contribution in [3.8, 4) is 0 Å². The van der Waals surface area contributed by atoms with Gasteiger partial charge in [-0.25, -0.2) is 4.98 Å². The van der Waals surface area contributed by atoms with Crippen LogP contribution in [0.5, 0.6) is 0 Å². The van der Waals surface area contributed by atoms with Crippen molar-refractivity contribution in [3.05, 3.63) is 29.3 Å². The van der Waals surface area contributed by atoms with Gasteiger partial charge in [-0.2, -0.15) is 0 Å². The Morgan fingerprint density at radius 3 is 2.87 bits per heavy atom. The monoisotopic (exact) mass is 364 g/mol. The van der Waals surface area contributed by atoms with Gasteiger partial charge in [0.15, 0.2) is 4.34 Å². The molecule has 0 unspecified atom stereocenters. The lowest BCUT2D eigenvalue weighted by molar-refractivity contribution is -0.113. The summed E-state index contributed by atoms with van der Waals surface area (Å²) in [6.07, 6.45) is 0.883. The highest BCUT2D eigenvalue weighted by molar-refractivity contribution is 8.01. The van der Waals surface area contributed by atoms with Crippen molar-refractivity contribution in [1.82, 2.24) is 15.2 Å². The molecule has 2 heterocycles. The van der Waals surface area contributed by atoms with Crippen LogP contribution < -0.4 is 5.32 Å². The van der Waals surface area contributed by atoms with E-state index in [1.807, 2.05) is 24.3 Å². The quantitative estimate of drug-likeness (QED) is 0.668. The van der Waals surface area contributed by atoms with E-state index in [2.05, 4.69) is 34.3 Å². The number of anilines is 1. The van der Waals surface area contributed by atoms with E-state index in [0.717, 1.165) is 26.0 Å². The smallest absolute Gasteiger partial charge is 0.236 e. The number of para-hydroxylation sites is 1. The molecule has 0 aliphatic heterocycles. The molecule has 0 spiro atoms. The average Bonchev–Trinajstić information content (AvgIpc) is 3.10. The van der Waals surface area contributed by atoms with E-state index >= 15 is 0 Å². The molecule has 2 aromatic heterocycles. The van der Waals surface area contributed by atoms with Crippen LogP contribution in [-0.4, -0.2) is 26.8 Å². The number of hydrogen-bond acceptors (Lipinski definition) is 7. The first-order valence-electron chi connectivity index (χ1n) is 7.21. The highest BCUT2D eigenvalue weighted by Gasteiger charge is 2.11. The second-order valence-corrected chi connectivity index (χ2v) is 8.70. The van der Waals surface area contributed by atoms with Gasteiger partial charge in [0.1, 0.15) is 5.01 Å². The standard InChI is InChI=1S/C15H16N4OS3/c1-9(2)7-13-18-19-14(23-13)17-12(20)8-21-15-16-10-5-3-4-6-11(10)22-15/h3-6,9H,7-8H2,1-2H3,(H,17,19,20). The van der Waals surface area contributed by atoms with Gasteiger partial charge in [0.2, 0.25) is 11.0 Å². The van der Waals surface area contributed by atoms with E-state index in [4.69, 9.17) is 0 Å². The SMILES string of the molecule is CC(C)Cc1nnc(NC(=O)CSc2nc3ccccc3s2)s1. The molecule has 120 valence electrons. The summed E-state index contributed by atoms with van der Waals surface area (Å²) in [6, 6.07) is 7.97. The third kappa shape index (κ3) is 4.49. The number of carbonyl (C=O) groups is 1. The van der Waals surface area contributed by atoms with Gasteiger partial charge in [-0.1, -0.05) is 49.1 Å². The summed E-state index contributed by atoms with van der Waals surface area (Å²) in [6.45, 7) is 4.27. The van der Waals surface area contributed by atoms with Gasteiger partial charge < -0.3 is 0 Å². The zero-order valence-electron chi connectivity index (χ0n) is 12.8. The maximum atomic E-state index is 12.0. The fourth-order valence-corrected chi connectivity index (χ4v) is 4.77. The zero-order chi connectivity index (χ0) is 16.2. The zero-order valence-corrected chi connectivity index (χ0v) is 15.2. The second kappa shape index (κ2) is 7.37. The van der Waals surface area contributed by atoms with Crippen LogP contribution in [0.15, 0.2) is 28.6 Å². The van der Waals surface area contributed by atoms with Crippen LogP contribution in [0.4, 0.5) is 5.13 Å². The summed E-state index contributed by atoms with van der Waals surface area (Å²) in [5.74, 6) is 0.765. The fourth-order valence-electron chi connectivity index (χ4n) is 1.93. The van der Waals surface area contributed by atoms with Crippen LogP contribution in [0.3, 0.4) is 0 Å². The Morgan fingerprint density at radius 1 is 1.26 bits per heavy atom. The van der Waals surface area contributed by atoms with Crippen molar-refractivity contribution in [2.75, 3.05) is 11.1 Å². The first-order valence-corrected chi connectivity index (χ1v) is 9.82. The minimum atomic E-state index is -0.0819. The Hall–Kier alpha value is -1.51. The van der Waals surface area contributed by atoms with Crippen molar-refractivity contribution in [2.24, 2.45) is 5.92 Å². The summed E-state index contributed by atoms with van der Waals surface area (Å²) >= 11 is 4.48. The predicted octanol–water partition coefficient (Wildman–Crippen LogP) is 4.08. The number of rotatable bonds is 6. The summed E-state index contributed by atoms with van der Waals surface area (Å²) in [5, 5.41) is 12.4. The molecule has 0 saturated carbocycles. The molecule has 0 bridgehead atoms. The van der Waals surface area contributed by atoms with E-state index in [1.165, 1.54) is 23.1 Å². The first kappa shape index (κ1) is 16.4. The first-order chi connectivity index (χ1) is 11.1. The Kier molecular flexibility index (Phi) is 5.24.